The highest BCUT2D eigenvalue weighted by molar-refractivity contribution is 5.85. The monoisotopic (exact) mass is 234 g/mol. The van der Waals surface area contributed by atoms with E-state index in [1.54, 1.807) is 0 Å². The molecule has 1 aromatic carbocycles. The van der Waals surface area contributed by atoms with Crippen molar-refractivity contribution in [1.29, 1.82) is 0 Å². The first-order chi connectivity index (χ1) is 7.77. The molecule has 0 bridgehead atoms. The van der Waals surface area contributed by atoms with Crippen LogP contribution < -0.4 is 11.1 Å². The summed E-state index contributed by atoms with van der Waals surface area (Å²) in [5, 5.41) is 3.24. The molecule has 94 valence electrons. The van der Waals surface area contributed by atoms with Gasteiger partial charge in [-0.15, -0.1) is 0 Å². The average molecular weight is 234 g/mol. The number of rotatable bonds is 4. The van der Waals surface area contributed by atoms with Crippen molar-refractivity contribution in [1.82, 2.24) is 5.32 Å². The van der Waals surface area contributed by atoms with Crippen molar-refractivity contribution in [2.75, 3.05) is 0 Å². The van der Waals surface area contributed by atoms with E-state index in [9.17, 15) is 4.79 Å². The predicted molar refractivity (Wildman–Crippen MR) is 70.7 cm³/mol. The maximum Gasteiger partial charge on any atom is 0.242 e. The number of primary amides is 1. The molecule has 0 aromatic heterocycles. The Morgan fingerprint density at radius 2 is 1.88 bits per heavy atom. The second kappa shape index (κ2) is 4.88. The molecule has 3 N–H and O–H groups in total. The molecule has 0 aliphatic heterocycles. The Balaban J connectivity index is 3.22. The molecule has 0 aliphatic rings. The zero-order valence-corrected chi connectivity index (χ0v) is 11.3. The number of carbonyl (C=O) groups excluding carboxylic acids is 1. The van der Waals surface area contributed by atoms with Gasteiger partial charge in [0.2, 0.25) is 5.91 Å². The molecule has 0 heterocycles. The van der Waals surface area contributed by atoms with Crippen molar-refractivity contribution in [3.63, 3.8) is 0 Å². The van der Waals surface area contributed by atoms with Crippen LogP contribution in [0.5, 0.6) is 0 Å². The summed E-state index contributed by atoms with van der Waals surface area (Å²) < 4.78 is 0. The summed E-state index contributed by atoms with van der Waals surface area (Å²) in [4.78, 5) is 11.7. The molecule has 0 aliphatic carbocycles. The fourth-order valence-corrected chi connectivity index (χ4v) is 1.93. The highest BCUT2D eigenvalue weighted by atomic mass is 16.1. The van der Waals surface area contributed by atoms with Gasteiger partial charge in [-0.2, -0.15) is 0 Å². The molecule has 0 saturated heterocycles. The highest BCUT2D eigenvalue weighted by Gasteiger charge is 2.33. The molecule has 3 heteroatoms. The van der Waals surface area contributed by atoms with Crippen LogP contribution in [0.4, 0.5) is 0 Å². The van der Waals surface area contributed by atoms with Gasteiger partial charge in [0, 0.05) is 6.04 Å². The summed E-state index contributed by atoms with van der Waals surface area (Å²) in [6, 6.07) is 6.19. The lowest BCUT2D eigenvalue weighted by atomic mass is 9.88. The molecule has 0 fully saturated rings. The lowest BCUT2D eigenvalue weighted by Crippen LogP contribution is -2.52. The number of carbonyl (C=O) groups is 1. The summed E-state index contributed by atoms with van der Waals surface area (Å²) in [5.74, 6) is -0.352. The van der Waals surface area contributed by atoms with Crippen LogP contribution in [0.3, 0.4) is 0 Å². The third-order valence-electron chi connectivity index (χ3n) is 3.15. The van der Waals surface area contributed by atoms with Crippen LogP contribution in [0.2, 0.25) is 0 Å². The van der Waals surface area contributed by atoms with Gasteiger partial charge in [-0.1, -0.05) is 18.2 Å². The summed E-state index contributed by atoms with van der Waals surface area (Å²) >= 11 is 0. The van der Waals surface area contributed by atoms with Gasteiger partial charge in [0.1, 0.15) is 5.54 Å². The van der Waals surface area contributed by atoms with Crippen LogP contribution in [0.1, 0.15) is 37.5 Å². The van der Waals surface area contributed by atoms with Crippen molar-refractivity contribution < 1.29 is 4.79 Å². The first-order valence-corrected chi connectivity index (χ1v) is 5.92. The third kappa shape index (κ3) is 2.86. The Hall–Kier alpha value is -1.35. The van der Waals surface area contributed by atoms with Gasteiger partial charge in [-0.25, -0.2) is 0 Å². The van der Waals surface area contributed by atoms with Crippen molar-refractivity contribution in [3.05, 3.63) is 34.9 Å². The van der Waals surface area contributed by atoms with Gasteiger partial charge in [-0.05, 0) is 51.3 Å². The second-order valence-corrected chi connectivity index (χ2v) is 5.09. The molecule has 1 unspecified atom stereocenters. The van der Waals surface area contributed by atoms with Gasteiger partial charge in [0.25, 0.3) is 0 Å². The minimum atomic E-state index is -0.813. The molecule has 1 amide bonds. The summed E-state index contributed by atoms with van der Waals surface area (Å²) in [5.41, 5.74) is 8.02. The van der Waals surface area contributed by atoms with Crippen LogP contribution in [0.25, 0.3) is 0 Å². The van der Waals surface area contributed by atoms with Crippen LogP contribution in [-0.4, -0.2) is 11.9 Å². The van der Waals surface area contributed by atoms with Gasteiger partial charge in [0.05, 0.1) is 0 Å². The lowest BCUT2D eigenvalue weighted by Gasteiger charge is -2.30. The highest BCUT2D eigenvalue weighted by Crippen LogP contribution is 2.23. The number of benzene rings is 1. The molecule has 17 heavy (non-hydrogen) atoms. The first-order valence-electron chi connectivity index (χ1n) is 5.92. The van der Waals surface area contributed by atoms with Crippen molar-refractivity contribution >= 4 is 5.91 Å². The zero-order valence-electron chi connectivity index (χ0n) is 11.3. The fourth-order valence-electron chi connectivity index (χ4n) is 1.93. The van der Waals surface area contributed by atoms with E-state index in [1.807, 2.05) is 45.9 Å². The van der Waals surface area contributed by atoms with Gasteiger partial charge < -0.3 is 5.73 Å². The van der Waals surface area contributed by atoms with Gasteiger partial charge in [-0.3, -0.25) is 10.1 Å². The molecule has 1 aromatic rings. The Labute approximate surface area is 103 Å². The Morgan fingerprint density at radius 3 is 2.29 bits per heavy atom. The van der Waals surface area contributed by atoms with E-state index in [-0.39, 0.29) is 11.9 Å². The summed E-state index contributed by atoms with van der Waals surface area (Å²) in [6.45, 7) is 9.93. The third-order valence-corrected chi connectivity index (χ3v) is 3.15. The fraction of sp³-hybridized carbons (Fsp3) is 0.500. The van der Waals surface area contributed by atoms with Crippen molar-refractivity contribution in [2.45, 2.75) is 46.2 Å². The number of amides is 1. The number of hydrogen-bond acceptors (Lipinski definition) is 2. The SMILES string of the molecule is Cc1ccc(C(C)(NC(C)C)C(N)=O)cc1C. The lowest BCUT2D eigenvalue weighted by molar-refractivity contribution is -0.124. The standard InChI is InChI=1S/C14H22N2O/c1-9(2)16-14(5,13(15)17)12-7-6-10(3)11(4)8-12/h6-9,16H,1-5H3,(H2,15,17). The number of aryl methyl sites for hydroxylation is 2. The minimum Gasteiger partial charge on any atom is -0.368 e. The van der Waals surface area contributed by atoms with E-state index >= 15 is 0 Å². The van der Waals surface area contributed by atoms with E-state index < -0.39 is 5.54 Å². The van der Waals surface area contributed by atoms with E-state index in [1.165, 1.54) is 11.1 Å². The molecule has 0 radical (unpaired) electrons. The first kappa shape index (κ1) is 13.7. The molecule has 0 spiro atoms. The molecule has 1 atom stereocenters. The van der Waals surface area contributed by atoms with Gasteiger partial charge in [0.15, 0.2) is 0 Å². The number of nitrogens with two attached hydrogens (primary N) is 1. The summed E-state index contributed by atoms with van der Waals surface area (Å²) in [7, 11) is 0. The Morgan fingerprint density at radius 1 is 1.29 bits per heavy atom. The van der Waals surface area contributed by atoms with E-state index in [0.29, 0.717) is 0 Å². The number of hydrogen-bond donors (Lipinski definition) is 2. The largest absolute Gasteiger partial charge is 0.368 e. The molecule has 3 nitrogen and oxygen atoms in total. The van der Waals surface area contributed by atoms with Crippen molar-refractivity contribution in [3.8, 4) is 0 Å². The zero-order chi connectivity index (χ0) is 13.2. The smallest absolute Gasteiger partial charge is 0.242 e. The number of nitrogens with one attached hydrogen (secondary N) is 1. The van der Waals surface area contributed by atoms with E-state index in [2.05, 4.69) is 12.2 Å². The van der Waals surface area contributed by atoms with Crippen LogP contribution in [0, 0.1) is 13.8 Å². The summed E-state index contributed by atoms with van der Waals surface area (Å²) in [6.07, 6.45) is 0. The van der Waals surface area contributed by atoms with Crippen LogP contribution in [0.15, 0.2) is 18.2 Å². The second-order valence-electron chi connectivity index (χ2n) is 5.09. The maximum atomic E-state index is 11.7. The minimum absolute atomic E-state index is 0.189. The topological polar surface area (TPSA) is 55.1 Å². The quantitative estimate of drug-likeness (QED) is 0.837. The Bertz CT molecular complexity index is 426. The van der Waals surface area contributed by atoms with E-state index in [0.717, 1.165) is 5.56 Å². The normalized spacial score (nSPS) is 14.7. The predicted octanol–water partition coefficient (Wildman–Crippen LogP) is 2.00. The Kier molecular flexibility index (Phi) is 3.94. The van der Waals surface area contributed by atoms with Crippen LogP contribution >= 0.6 is 0 Å². The maximum absolute atomic E-state index is 11.7. The van der Waals surface area contributed by atoms with Crippen molar-refractivity contribution in [2.24, 2.45) is 5.73 Å². The molecule has 0 saturated carbocycles. The average Bonchev–Trinajstić information content (AvgIpc) is 2.20. The molecule has 1 rings (SSSR count). The molecular formula is C14H22N2O. The van der Waals surface area contributed by atoms with Crippen LogP contribution in [-0.2, 0) is 10.3 Å². The van der Waals surface area contributed by atoms with Gasteiger partial charge >= 0.3 is 0 Å². The molecular weight excluding hydrogens is 212 g/mol. The van der Waals surface area contributed by atoms with E-state index in [4.69, 9.17) is 5.73 Å².